The summed E-state index contributed by atoms with van der Waals surface area (Å²) < 4.78 is 51.3. The number of hydrogen-bond donors (Lipinski definition) is 1. The Hall–Kier alpha value is -2.44. The lowest BCUT2D eigenvalue weighted by Gasteiger charge is -2.11. The monoisotopic (exact) mass is 284 g/mol. The molecule has 0 saturated heterocycles. The minimum Gasteiger partial charge on any atom is -0.322 e. The van der Waals surface area contributed by atoms with Crippen LogP contribution in [0.5, 0.6) is 0 Å². The summed E-state index contributed by atoms with van der Waals surface area (Å²) >= 11 is 0. The Morgan fingerprint density at radius 2 is 1.75 bits per heavy atom. The van der Waals surface area contributed by atoms with Crippen molar-refractivity contribution in [2.24, 2.45) is 0 Å². The third kappa shape index (κ3) is 2.93. The van der Waals surface area contributed by atoms with Gasteiger partial charge in [0, 0.05) is 18.1 Å². The Morgan fingerprint density at radius 1 is 1.10 bits per heavy atom. The average Bonchev–Trinajstić information content (AvgIpc) is 2.38. The molecule has 0 atom stereocenters. The number of aromatic nitrogens is 1. The van der Waals surface area contributed by atoms with Crippen LogP contribution >= 0.6 is 0 Å². The van der Waals surface area contributed by atoms with E-state index in [1.165, 1.54) is 24.5 Å². The number of halogens is 4. The molecule has 0 aliphatic heterocycles. The maximum absolute atomic E-state index is 13.7. The molecule has 0 fully saturated rings. The smallest absolute Gasteiger partial charge is 0.322 e. The summed E-state index contributed by atoms with van der Waals surface area (Å²) in [5.74, 6) is -2.55. The lowest BCUT2D eigenvalue weighted by Crippen LogP contribution is -2.17. The lowest BCUT2D eigenvalue weighted by atomic mass is 10.1. The normalized spacial score (nSPS) is 11.2. The van der Waals surface area contributed by atoms with Crippen molar-refractivity contribution in [2.75, 3.05) is 5.32 Å². The van der Waals surface area contributed by atoms with Gasteiger partial charge >= 0.3 is 6.18 Å². The zero-order valence-corrected chi connectivity index (χ0v) is 9.91. The largest absolute Gasteiger partial charge is 0.419 e. The molecule has 104 valence electrons. The predicted molar refractivity (Wildman–Crippen MR) is 63.6 cm³/mol. The van der Waals surface area contributed by atoms with E-state index >= 15 is 0 Å². The van der Waals surface area contributed by atoms with Gasteiger partial charge < -0.3 is 5.32 Å². The number of amides is 1. The number of nitrogens with one attached hydrogen (secondary N) is 1. The van der Waals surface area contributed by atoms with Crippen molar-refractivity contribution in [1.82, 2.24) is 4.98 Å². The zero-order valence-electron chi connectivity index (χ0n) is 9.91. The second kappa shape index (κ2) is 5.28. The maximum atomic E-state index is 13.7. The highest BCUT2D eigenvalue weighted by molar-refractivity contribution is 6.04. The molecule has 2 aromatic rings. The highest BCUT2D eigenvalue weighted by atomic mass is 19.4. The Bertz CT molecular complexity index is 626. The molecular formula is C13H8F4N2O. The van der Waals surface area contributed by atoms with Gasteiger partial charge in [-0.25, -0.2) is 4.39 Å². The van der Waals surface area contributed by atoms with Crippen molar-refractivity contribution in [3.05, 3.63) is 59.7 Å². The van der Waals surface area contributed by atoms with Crippen molar-refractivity contribution in [2.45, 2.75) is 6.18 Å². The molecule has 7 heteroatoms. The van der Waals surface area contributed by atoms with Crippen molar-refractivity contribution >= 4 is 11.6 Å². The van der Waals surface area contributed by atoms with E-state index in [2.05, 4.69) is 10.3 Å². The summed E-state index contributed by atoms with van der Waals surface area (Å²) in [6, 6.07) is 5.42. The summed E-state index contributed by atoms with van der Waals surface area (Å²) in [5.41, 5.74) is -1.83. The fourth-order valence-corrected chi connectivity index (χ4v) is 1.56. The van der Waals surface area contributed by atoms with Crippen LogP contribution in [0.4, 0.5) is 23.2 Å². The number of hydrogen-bond acceptors (Lipinski definition) is 2. The molecule has 1 N–H and O–H groups in total. The predicted octanol–water partition coefficient (Wildman–Crippen LogP) is 3.49. The summed E-state index contributed by atoms with van der Waals surface area (Å²) in [7, 11) is 0. The minimum absolute atomic E-state index is 0.307. The van der Waals surface area contributed by atoms with Gasteiger partial charge in [-0.2, -0.15) is 13.2 Å². The summed E-state index contributed by atoms with van der Waals surface area (Å²) in [6.07, 6.45) is -2.08. The molecule has 0 unspecified atom stereocenters. The Labute approximate surface area is 111 Å². The van der Waals surface area contributed by atoms with Crippen LogP contribution in [0.25, 0.3) is 0 Å². The van der Waals surface area contributed by atoms with Crippen molar-refractivity contribution < 1.29 is 22.4 Å². The van der Waals surface area contributed by atoms with Crippen LogP contribution in [0.3, 0.4) is 0 Å². The first-order valence-electron chi connectivity index (χ1n) is 5.46. The summed E-state index contributed by atoms with van der Waals surface area (Å²) in [5, 5.41) is 2.29. The molecule has 0 aliphatic carbocycles. The Kier molecular flexibility index (Phi) is 3.69. The summed E-state index contributed by atoms with van der Waals surface area (Å²) in [6.45, 7) is 0. The van der Waals surface area contributed by atoms with Gasteiger partial charge in [0.1, 0.15) is 5.82 Å². The number of pyridine rings is 1. The number of rotatable bonds is 2. The topological polar surface area (TPSA) is 42.0 Å². The SMILES string of the molecule is O=C(Nc1ccncc1)c1cccc(C(F)(F)F)c1F. The van der Waals surface area contributed by atoms with Gasteiger partial charge in [-0.3, -0.25) is 9.78 Å². The second-order valence-electron chi connectivity index (χ2n) is 3.85. The molecule has 0 spiro atoms. The van der Waals surface area contributed by atoms with Crippen molar-refractivity contribution in [1.29, 1.82) is 0 Å². The number of carbonyl (C=O) groups excluding carboxylic acids is 1. The van der Waals surface area contributed by atoms with E-state index in [9.17, 15) is 22.4 Å². The molecule has 2 rings (SSSR count). The van der Waals surface area contributed by atoms with E-state index in [0.29, 0.717) is 11.8 Å². The van der Waals surface area contributed by atoms with Crippen molar-refractivity contribution in [3.63, 3.8) is 0 Å². The molecule has 3 nitrogen and oxygen atoms in total. The molecule has 0 radical (unpaired) electrons. The third-order valence-corrected chi connectivity index (χ3v) is 2.49. The highest BCUT2D eigenvalue weighted by Crippen LogP contribution is 2.32. The molecule has 20 heavy (non-hydrogen) atoms. The van der Waals surface area contributed by atoms with E-state index in [-0.39, 0.29) is 0 Å². The Morgan fingerprint density at radius 3 is 2.35 bits per heavy atom. The summed E-state index contributed by atoms with van der Waals surface area (Å²) in [4.78, 5) is 15.5. The standard InChI is InChI=1S/C13H8F4N2O/c14-11-9(2-1-3-10(11)13(15,16)17)12(20)19-8-4-6-18-7-5-8/h1-7H,(H,18,19,20). The van der Waals surface area contributed by atoms with Gasteiger partial charge in [0.15, 0.2) is 0 Å². The molecule has 0 saturated carbocycles. The van der Waals surface area contributed by atoms with E-state index < -0.39 is 29.0 Å². The van der Waals surface area contributed by atoms with Crippen LogP contribution in [0, 0.1) is 5.82 Å². The van der Waals surface area contributed by atoms with Gasteiger partial charge in [-0.1, -0.05) is 6.07 Å². The van der Waals surface area contributed by atoms with Crippen molar-refractivity contribution in [3.8, 4) is 0 Å². The van der Waals surface area contributed by atoms with Gasteiger partial charge in [0.05, 0.1) is 11.1 Å². The molecule has 1 aromatic carbocycles. The molecule has 1 heterocycles. The molecule has 0 bridgehead atoms. The van der Waals surface area contributed by atoms with E-state index in [4.69, 9.17) is 0 Å². The van der Waals surface area contributed by atoms with E-state index in [0.717, 1.165) is 12.1 Å². The fourth-order valence-electron chi connectivity index (χ4n) is 1.56. The van der Waals surface area contributed by atoms with Gasteiger partial charge in [0.2, 0.25) is 0 Å². The lowest BCUT2D eigenvalue weighted by molar-refractivity contribution is -0.140. The highest BCUT2D eigenvalue weighted by Gasteiger charge is 2.35. The van der Waals surface area contributed by atoms with E-state index in [1.807, 2.05) is 0 Å². The maximum Gasteiger partial charge on any atom is 0.419 e. The van der Waals surface area contributed by atoms with Crippen LogP contribution in [-0.2, 0) is 6.18 Å². The number of anilines is 1. The quantitative estimate of drug-likeness (QED) is 0.858. The van der Waals surface area contributed by atoms with Crippen LogP contribution in [-0.4, -0.2) is 10.9 Å². The van der Waals surface area contributed by atoms with Crippen LogP contribution in [0.1, 0.15) is 15.9 Å². The first-order chi connectivity index (χ1) is 9.39. The molecule has 1 aromatic heterocycles. The van der Waals surface area contributed by atoms with Gasteiger partial charge in [-0.15, -0.1) is 0 Å². The Balaban J connectivity index is 2.32. The third-order valence-electron chi connectivity index (χ3n) is 2.49. The zero-order chi connectivity index (χ0) is 14.8. The minimum atomic E-state index is -4.85. The molecule has 0 aliphatic rings. The number of carbonyl (C=O) groups is 1. The van der Waals surface area contributed by atoms with Gasteiger partial charge in [0.25, 0.3) is 5.91 Å². The number of nitrogens with zero attached hydrogens (tertiary/aromatic N) is 1. The van der Waals surface area contributed by atoms with Crippen LogP contribution < -0.4 is 5.32 Å². The van der Waals surface area contributed by atoms with E-state index in [1.54, 1.807) is 0 Å². The first kappa shape index (κ1) is 14.0. The molecule has 1 amide bonds. The van der Waals surface area contributed by atoms with Gasteiger partial charge in [-0.05, 0) is 24.3 Å². The first-order valence-corrected chi connectivity index (χ1v) is 5.46. The molecular weight excluding hydrogens is 276 g/mol. The number of benzene rings is 1. The second-order valence-corrected chi connectivity index (χ2v) is 3.85. The fraction of sp³-hybridized carbons (Fsp3) is 0.0769. The average molecular weight is 284 g/mol. The van der Waals surface area contributed by atoms with Crippen LogP contribution in [0.15, 0.2) is 42.7 Å². The van der Waals surface area contributed by atoms with Crippen LogP contribution in [0.2, 0.25) is 0 Å². The number of alkyl halides is 3.